The van der Waals surface area contributed by atoms with E-state index in [1.54, 1.807) is 26.2 Å². The number of hydrogen-bond donors (Lipinski definition) is 2. The van der Waals surface area contributed by atoms with E-state index in [0.29, 0.717) is 6.42 Å². The normalized spacial score (nSPS) is 12.4. The van der Waals surface area contributed by atoms with Crippen LogP contribution in [0.2, 0.25) is 0 Å². The molecule has 5 heteroatoms. The van der Waals surface area contributed by atoms with Gasteiger partial charge in [-0.25, -0.2) is 5.01 Å². The van der Waals surface area contributed by atoms with Gasteiger partial charge in [-0.3, -0.25) is 10.2 Å². The number of hydrazine groups is 1. The molecule has 5 nitrogen and oxygen atoms in total. The number of benzene rings is 1. The first-order valence-corrected chi connectivity index (χ1v) is 6.22. The lowest BCUT2D eigenvalue weighted by atomic mass is 9.98. The highest BCUT2D eigenvalue weighted by Crippen LogP contribution is 2.23. The minimum atomic E-state index is -0.561. The maximum Gasteiger partial charge on any atom is 0.251 e. The molecule has 1 amide bonds. The fourth-order valence-electron chi connectivity index (χ4n) is 1.92. The number of nitrogens with two attached hydrogens (primary N) is 1. The molecule has 1 atom stereocenters. The van der Waals surface area contributed by atoms with Crippen molar-refractivity contribution in [1.29, 1.82) is 0 Å². The Hall–Kier alpha value is -1.59. The van der Waals surface area contributed by atoms with Gasteiger partial charge >= 0.3 is 0 Å². The summed E-state index contributed by atoms with van der Waals surface area (Å²) in [6, 6.07) is 3.44. The zero-order valence-electron chi connectivity index (χ0n) is 12.3. The van der Waals surface area contributed by atoms with E-state index in [4.69, 9.17) is 10.5 Å². The summed E-state index contributed by atoms with van der Waals surface area (Å²) in [7, 11) is 5.17. The number of amides is 1. The summed E-state index contributed by atoms with van der Waals surface area (Å²) in [5.41, 5.74) is 11.8. The molecule has 0 aliphatic heterocycles. The molecule has 0 saturated heterocycles. The van der Waals surface area contributed by atoms with Crippen LogP contribution in [0.1, 0.15) is 16.7 Å². The van der Waals surface area contributed by atoms with Crippen LogP contribution in [0, 0.1) is 13.8 Å². The third-order valence-corrected chi connectivity index (χ3v) is 2.96. The average Bonchev–Trinajstić information content (AvgIpc) is 2.32. The molecule has 19 heavy (non-hydrogen) atoms. The summed E-state index contributed by atoms with van der Waals surface area (Å²) in [5, 5.41) is 1.59. The van der Waals surface area contributed by atoms with E-state index >= 15 is 0 Å². The Morgan fingerprint density at radius 2 is 2.00 bits per heavy atom. The lowest BCUT2D eigenvalue weighted by Gasteiger charge is -2.18. The van der Waals surface area contributed by atoms with Crippen LogP contribution < -0.4 is 15.9 Å². The minimum absolute atomic E-state index is 0.183. The number of aryl methyl sites for hydroxylation is 2. The van der Waals surface area contributed by atoms with Crippen molar-refractivity contribution >= 4 is 5.91 Å². The second kappa shape index (κ2) is 6.54. The summed E-state index contributed by atoms with van der Waals surface area (Å²) in [6.07, 6.45) is 0.510. The van der Waals surface area contributed by atoms with Crippen LogP contribution in [-0.2, 0) is 11.2 Å². The molecule has 0 aliphatic rings. The fourth-order valence-corrected chi connectivity index (χ4v) is 1.92. The van der Waals surface area contributed by atoms with Gasteiger partial charge in [-0.05, 0) is 43.0 Å². The van der Waals surface area contributed by atoms with E-state index in [0.717, 1.165) is 22.4 Å². The molecule has 0 bridgehead atoms. The molecular formula is C14H23N3O2. The van der Waals surface area contributed by atoms with Gasteiger partial charge < -0.3 is 10.5 Å². The average molecular weight is 265 g/mol. The molecule has 0 radical (unpaired) electrons. The number of carbonyl (C=O) groups is 1. The van der Waals surface area contributed by atoms with E-state index in [-0.39, 0.29) is 5.91 Å². The van der Waals surface area contributed by atoms with Gasteiger partial charge in [0.05, 0.1) is 13.2 Å². The predicted octanol–water partition coefficient (Wildman–Crippen LogP) is 0.775. The smallest absolute Gasteiger partial charge is 0.251 e. The van der Waals surface area contributed by atoms with Crippen LogP contribution in [0.15, 0.2) is 12.1 Å². The molecule has 1 rings (SSSR count). The lowest BCUT2D eigenvalue weighted by molar-refractivity contribution is -0.126. The van der Waals surface area contributed by atoms with Gasteiger partial charge in [0, 0.05) is 14.1 Å². The largest absolute Gasteiger partial charge is 0.496 e. The van der Waals surface area contributed by atoms with Crippen LogP contribution in [0.5, 0.6) is 5.75 Å². The van der Waals surface area contributed by atoms with Crippen molar-refractivity contribution in [2.45, 2.75) is 26.3 Å². The van der Waals surface area contributed by atoms with Crippen LogP contribution in [0.4, 0.5) is 0 Å². The number of rotatable bonds is 5. The maximum atomic E-state index is 11.8. The molecule has 0 aliphatic carbocycles. The van der Waals surface area contributed by atoms with Gasteiger partial charge in [-0.2, -0.15) is 0 Å². The SMILES string of the molecule is COc1cc(C)c(CC(N)C(=O)NN(C)C)cc1C. The molecule has 3 N–H and O–H groups in total. The highest BCUT2D eigenvalue weighted by atomic mass is 16.5. The van der Waals surface area contributed by atoms with Crippen LogP contribution in [0.25, 0.3) is 0 Å². The van der Waals surface area contributed by atoms with Gasteiger partial charge in [-0.1, -0.05) is 6.07 Å². The van der Waals surface area contributed by atoms with Gasteiger partial charge in [-0.15, -0.1) is 0 Å². The van der Waals surface area contributed by atoms with Crippen molar-refractivity contribution in [3.63, 3.8) is 0 Å². The van der Waals surface area contributed by atoms with Crippen molar-refractivity contribution in [2.75, 3.05) is 21.2 Å². The number of hydrogen-bond acceptors (Lipinski definition) is 4. The number of ether oxygens (including phenoxy) is 1. The van der Waals surface area contributed by atoms with Crippen molar-refractivity contribution in [1.82, 2.24) is 10.4 Å². The van der Waals surface area contributed by atoms with E-state index in [1.165, 1.54) is 0 Å². The Labute approximate surface area is 114 Å². The monoisotopic (exact) mass is 265 g/mol. The lowest BCUT2D eigenvalue weighted by Crippen LogP contribution is -2.47. The third-order valence-electron chi connectivity index (χ3n) is 2.96. The standard InChI is InChI=1S/C14H23N3O2/c1-9-7-13(19-5)10(2)6-11(9)8-12(15)14(18)16-17(3)4/h6-7,12H,8,15H2,1-5H3,(H,16,18). The number of nitrogens with zero attached hydrogens (tertiary/aromatic N) is 1. The molecule has 106 valence electrons. The fraction of sp³-hybridized carbons (Fsp3) is 0.500. The zero-order chi connectivity index (χ0) is 14.6. The summed E-state index contributed by atoms with van der Waals surface area (Å²) < 4.78 is 5.27. The van der Waals surface area contributed by atoms with Gasteiger partial charge in [0.1, 0.15) is 5.75 Å². The van der Waals surface area contributed by atoms with Gasteiger partial charge in [0.15, 0.2) is 0 Å². The summed E-state index contributed by atoms with van der Waals surface area (Å²) >= 11 is 0. The second-order valence-corrected chi connectivity index (χ2v) is 4.93. The predicted molar refractivity (Wildman–Crippen MR) is 76.0 cm³/mol. The number of methoxy groups -OCH3 is 1. The van der Waals surface area contributed by atoms with Gasteiger partial charge in [0.25, 0.3) is 5.91 Å². The summed E-state index contributed by atoms with van der Waals surface area (Å²) in [6.45, 7) is 3.97. The minimum Gasteiger partial charge on any atom is -0.496 e. The second-order valence-electron chi connectivity index (χ2n) is 4.93. The summed E-state index contributed by atoms with van der Waals surface area (Å²) in [5.74, 6) is 0.672. The number of nitrogens with one attached hydrogen (secondary N) is 1. The molecule has 1 aromatic carbocycles. The molecule has 0 aromatic heterocycles. The van der Waals surface area contributed by atoms with E-state index in [9.17, 15) is 4.79 Å². The quantitative estimate of drug-likeness (QED) is 0.772. The van der Waals surface area contributed by atoms with E-state index < -0.39 is 6.04 Å². The third kappa shape index (κ3) is 4.22. The Bertz CT molecular complexity index is 458. The summed E-state index contributed by atoms with van der Waals surface area (Å²) in [4.78, 5) is 11.8. The molecule has 0 fully saturated rings. The molecular weight excluding hydrogens is 242 g/mol. The van der Waals surface area contributed by atoms with E-state index in [2.05, 4.69) is 5.43 Å². The van der Waals surface area contributed by atoms with Crippen molar-refractivity contribution in [3.05, 3.63) is 28.8 Å². The zero-order valence-corrected chi connectivity index (χ0v) is 12.3. The topological polar surface area (TPSA) is 67.6 Å². The van der Waals surface area contributed by atoms with Crippen LogP contribution in [-0.4, -0.2) is 38.2 Å². The first-order valence-electron chi connectivity index (χ1n) is 6.22. The Kier molecular flexibility index (Phi) is 5.32. The highest BCUT2D eigenvalue weighted by molar-refractivity contribution is 5.81. The number of carbonyl (C=O) groups excluding carboxylic acids is 1. The first kappa shape index (κ1) is 15.5. The first-order chi connectivity index (χ1) is 8.85. The van der Waals surface area contributed by atoms with Crippen LogP contribution >= 0.6 is 0 Å². The Balaban J connectivity index is 2.82. The molecule has 0 heterocycles. The molecule has 1 aromatic rings. The van der Waals surface area contributed by atoms with E-state index in [1.807, 2.05) is 26.0 Å². The highest BCUT2D eigenvalue weighted by Gasteiger charge is 2.16. The van der Waals surface area contributed by atoms with Crippen LogP contribution in [0.3, 0.4) is 0 Å². The van der Waals surface area contributed by atoms with Crippen molar-refractivity contribution in [3.8, 4) is 5.75 Å². The maximum absolute atomic E-state index is 11.8. The van der Waals surface area contributed by atoms with Gasteiger partial charge in [0.2, 0.25) is 0 Å². The Morgan fingerprint density at radius 1 is 1.37 bits per heavy atom. The van der Waals surface area contributed by atoms with Crippen molar-refractivity contribution in [2.24, 2.45) is 5.73 Å². The molecule has 0 spiro atoms. The molecule has 0 saturated carbocycles. The van der Waals surface area contributed by atoms with Crippen molar-refractivity contribution < 1.29 is 9.53 Å². The Morgan fingerprint density at radius 3 is 2.53 bits per heavy atom. The molecule has 1 unspecified atom stereocenters.